The topological polar surface area (TPSA) is 99.3 Å². The second kappa shape index (κ2) is 2.41. The highest BCUT2D eigenvalue weighted by Gasteiger charge is 2.14. The summed E-state index contributed by atoms with van der Waals surface area (Å²) in [7, 11) is 0. The first-order valence-corrected chi connectivity index (χ1v) is 3.44. The second-order valence-electron chi connectivity index (χ2n) is 2.39. The summed E-state index contributed by atoms with van der Waals surface area (Å²) in [5, 5.41) is 14.2. The van der Waals surface area contributed by atoms with Gasteiger partial charge in [-0.1, -0.05) is 0 Å². The number of hydrogen-bond acceptors (Lipinski definition) is 5. The van der Waals surface area contributed by atoms with Gasteiger partial charge in [-0.3, -0.25) is 10.1 Å². The Bertz CT molecular complexity index is 477. The largest absolute Gasteiger partial charge is 0.366 e. The van der Waals surface area contributed by atoms with Crippen molar-refractivity contribution in [1.82, 2.24) is 14.6 Å². The molecule has 2 aromatic heterocycles. The summed E-state index contributed by atoms with van der Waals surface area (Å²) in [6.07, 6.45) is 1.55. The summed E-state index contributed by atoms with van der Waals surface area (Å²) < 4.78 is 1.27. The number of pyridine rings is 1. The van der Waals surface area contributed by atoms with Crippen LogP contribution in [0.5, 0.6) is 0 Å². The quantitative estimate of drug-likeness (QED) is 0.498. The number of aromatic nitrogens is 3. The Balaban J connectivity index is 2.82. The van der Waals surface area contributed by atoms with E-state index in [1.165, 1.54) is 16.6 Å². The SMILES string of the molecule is Nc1nc2c([N+](=O)[O-])cccn2n1. The lowest BCUT2D eigenvalue weighted by Crippen LogP contribution is -1.93. The van der Waals surface area contributed by atoms with Crippen molar-refractivity contribution >= 4 is 17.3 Å². The molecule has 2 N–H and O–H groups in total. The van der Waals surface area contributed by atoms with E-state index >= 15 is 0 Å². The van der Waals surface area contributed by atoms with E-state index in [0.717, 1.165) is 0 Å². The molecule has 7 nitrogen and oxygen atoms in total. The number of hydrogen-bond donors (Lipinski definition) is 1. The summed E-state index contributed by atoms with van der Waals surface area (Å²) in [6, 6.07) is 2.86. The third-order valence-electron chi connectivity index (χ3n) is 1.55. The van der Waals surface area contributed by atoms with Crippen LogP contribution in [0.3, 0.4) is 0 Å². The fraction of sp³-hybridized carbons (Fsp3) is 0. The van der Waals surface area contributed by atoms with Crippen LogP contribution in [0.25, 0.3) is 5.65 Å². The van der Waals surface area contributed by atoms with Crippen LogP contribution < -0.4 is 5.73 Å². The summed E-state index contributed by atoms with van der Waals surface area (Å²) in [5.74, 6) is 0.0225. The van der Waals surface area contributed by atoms with E-state index in [1.54, 1.807) is 6.20 Å². The van der Waals surface area contributed by atoms with Crippen LogP contribution in [-0.2, 0) is 0 Å². The van der Waals surface area contributed by atoms with Gasteiger partial charge in [0.2, 0.25) is 11.6 Å². The zero-order valence-corrected chi connectivity index (χ0v) is 6.41. The highest BCUT2D eigenvalue weighted by molar-refractivity contribution is 5.59. The normalized spacial score (nSPS) is 10.5. The van der Waals surface area contributed by atoms with E-state index in [4.69, 9.17) is 5.73 Å². The molecule has 0 amide bonds. The van der Waals surface area contributed by atoms with Gasteiger partial charge >= 0.3 is 5.69 Å². The summed E-state index contributed by atoms with van der Waals surface area (Å²) in [4.78, 5) is 13.7. The highest BCUT2D eigenvalue weighted by Crippen LogP contribution is 2.16. The minimum absolute atomic E-state index is 0.0225. The molecule has 13 heavy (non-hydrogen) atoms. The van der Waals surface area contributed by atoms with Gasteiger partial charge in [-0.2, -0.15) is 4.98 Å². The molecule has 0 saturated heterocycles. The Morgan fingerprint density at radius 2 is 2.38 bits per heavy atom. The molecule has 2 heterocycles. The monoisotopic (exact) mass is 179 g/mol. The molecule has 0 aliphatic rings. The van der Waals surface area contributed by atoms with Crippen molar-refractivity contribution in [2.45, 2.75) is 0 Å². The van der Waals surface area contributed by atoms with Crippen molar-refractivity contribution in [3.8, 4) is 0 Å². The molecule has 0 aliphatic heterocycles. The van der Waals surface area contributed by atoms with Crippen LogP contribution in [0.1, 0.15) is 0 Å². The number of rotatable bonds is 1. The van der Waals surface area contributed by atoms with Gasteiger partial charge < -0.3 is 5.73 Å². The Morgan fingerprint density at radius 1 is 1.62 bits per heavy atom. The first-order valence-electron chi connectivity index (χ1n) is 3.44. The molecule has 2 aromatic rings. The molecule has 0 saturated carbocycles. The van der Waals surface area contributed by atoms with E-state index in [-0.39, 0.29) is 17.3 Å². The highest BCUT2D eigenvalue weighted by atomic mass is 16.6. The molecule has 0 fully saturated rings. The average Bonchev–Trinajstić information content (AvgIpc) is 2.43. The molecule has 0 aromatic carbocycles. The van der Waals surface area contributed by atoms with Gasteiger partial charge in [0.25, 0.3) is 0 Å². The first kappa shape index (κ1) is 7.47. The molecular weight excluding hydrogens is 174 g/mol. The molecule has 0 bridgehead atoms. The zero-order chi connectivity index (χ0) is 9.42. The van der Waals surface area contributed by atoms with Crippen LogP contribution in [-0.4, -0.2) is 19.5 Å². The predicted octanol–water partition coefficient (Wildman–Crippen LogP) is 0.220. The van der Waals surface area contributed by atoms with E-state index in [1.807, 2.05) is 0 Å². The first-order chi connectivity index (χ1) is 6.18. The Hall–Kier alpha value is -2.18. The fourth-order valence-electron chi connectivity index (χ4n) is 1.05. The minimum Gasteiger partial charge on any atom is -0.366 e. The summed E-state index contributed by atoms with van der Waals surface area (Å²) in [5.41, 5.74) is 5.35. The average molecular weight is 179 g/mol. The lowest BCUT2D eigenvalue weighted by atomic mass is 10.4. The molecule has 66 valence electrons. The third kappa shape index (κ3) is 1.06. The van der Waals surface area contributed by atoms with Gasteiger partial charge in [0.15, 0.2) is 0 Å². The molecule has 0 unspecified atom stereocenters. The van der Waals surface area contributed by atoms with Crippen LogP contribution in [0, 0.1) is 10.1 Å². The van der Waals surface area contributed by atoms with Crippen LogP contribution in [0.4, 0.5) is 11.6 Å². The maximum absolute atomic E-state index is 10.5. The van der Waals surface area contributed by atoms with Crippen molar-refractivity contribution in [1.29, 1.82) is 0 Å². The van der Waals surface area contributed by atoms with Gasteiger partial charge in [-0.25, -0.2) is 4.52 Å². The van der Waals surface area contributed by atoms with Crippen molar-refractivity contribution in [2.24, 2.45) is 0 Å². The second-order valence-corrected chi connectivity index (χ2v) is 2.39. The van der Waals surface area contributed by atoms with E-state index in [0.29, 0.717) is 0 Å². The van der Waals surface area contributed by atoms with Crippen LogP contribution >= 0.6 is 0 Å². The molecule has 0 radical (unpaired) electrons. The van der Waals surface area contributed by atoms with Crippen molar-refractivity contribution < 1.29 is 4.92 Å². The van der Waals surface area contributed by atoms with E-state index in [2.05, 4.69) is 10.1 Å². The number of anilines is 1. The van der Waals surface area contributed by atoms with E-state index < -0.39 is 4.92 Å². The van der Waals surface area contributed by atoms with Gasteiger partial charge in [0.05, 0.1) is 4.92 Å². The van der Waals surface area contributed by atoms with Crippen molar-refractivity contribution in [3.05, 3.63) is 28.4 Å². The lowest BCUT2D eigenvalue weighted by molar-refractivity contribution is -0.383. The van der Waals surface area contributed by atoms with Gasteiger partial charge in [-0.15, -0.1) is 5.10 Å². The molecule has 7 heteroatoms. The maximum atomic E-state index is 10.5. The maximum Gasteiger partial charge on any atom is 0.313 e. The zero-order valence-electron chi connectivity index (χ0n) is 6.41. The number of nitrogens with two attached hydrogens (primary N) is 1. The van der Waals surface area contributed by atoms with Crippen molar-refractivity contribution in [2.75, 3.05) is 5.73 Å². The fourth-order valence-corrected chi connectivity index (χ4v) is 1.05. The molecule has 0 spiro atoms. The minimum atomic E-state index is -0.524. The summed E-state index contributed by atoms with van der Waals surface area (Å²) >= 11 is 0. The van der Waals surface area contributed by atoms with E-state index in [9.17, 15) is 10.1 Å². The number of nitrogen functional groups attached to an aromatic ring is 1. The molecule has 0 aliphatic carbocycles. The number of nitro groups is 1. The standard InChI is InChI=1S/C6H5N5O2/c7-6-8-5-4(11(12)13)2-1-3-10(5)9-6/h1-3H,(H2,7,9). The smallest absolute Gasteiger partial charge is 0.313 e. The molecular formula is C6H5N5O2. The van der Waals surface area contributed by atoms with Crippen LogP contribution in [0.2, 0.25) is 0 Å². The van der Waals surface area contributed by atoms with Crippen LogP contribution in [0.15, 0.2) is 18.3 Å². The lowest BCUT2D eigenvalue weighted by Gasteiger charge is -1.91. The summed E-state index contributed by atoms with van der Waals surface area (Å²) in [6.45, 7) is 0. The molecule has 2 rings (SSSR count). The third-order valence-corrected chi connectivity index (χ3v) is 1.55. The molecule has 0 atom stereocenters. The Morgan fingerprint density at radius 3 is 3.08 bits per heavy atom. The van der Waals surface area contributed by atoms with Crippen molar-refractivity contribution in [3.63, 3.8) is 0 Å². The number of fused-ring (bicyclic) bond motifs is 1. The Labute approximate surface area is 72.0 Å². The predicted molar refractivity (Wildman–Crippen MR) is 44.1 cm³/mol. The van der Waals surface area contributed by atoms with Gasteiger partial charge in [0, 0.05) is 12.3 Å². The van der Waals surface area contributed by atoms with Gasteiger partial charge in [-0.05, 0) is 6.07 Å². The Kier molecular flexibility index (Phi) is 1.38. The van der Waals surface area contributed by atoms with Gasteiger partial charge in [0.1, 0.15) is 0 Å². The number of nitrogens with zero attached hydrogens (tertiary/aromatic N) is 4.